The van der Waals surface area contributed by atoms with Crippen molar-refractivity contribution in [1.29, 1.82) is 0 Å². The van der Waals surface area contributed by atoms with Crippen molar-refractivity contribution < 1.29 is 18.4 Å². The Morgan fingerprint density at radius 1 is 1.27 bits per heavy atom. The highest BCUT2D eigenvalue weighted by atomic mass is 32.2. The summed E-state index contributed by atoms with van der Waals surface area (Å²) in [4.78, 5) is 31.3. The summed E-state index contributed by atoms with van der Waals surface area (Å²) in [6.45, 7) is 7.87. The molecular formula is C22H21F2N3O2S. The van der Waals surface area contributed by atoms with Crippen LogP contribution in [-0.2, 0) is 9.59 Å². The quantitative estimate of drug-likeness (QED) is 0.676. The molecule has 0 bridgehead atoms. The number of amidine groups is 1. The molecule has 156 valence electrons. The zero-order valence-electron chi connectivity index (χ0n) is 16.6. The van der Waals surface area contributed by atoms with E-state index in [1.807, 2.05) is 32.0 Å². The molecule has 1 fully saturated rings. The Morgan fingerprint density at radius 3 is 2.70 bits per heavy atom. The lowest BCUT2D eigenvalue weighted by atomic mass is 10.1. The number of aliphatic imine (C=N–C) groups is 1. The largest absolute Gasteiger partial charge is 0.324 e. The van der Waals surface area contributed by atoms with Crippen LogP contribution < -0.4 is 5.32 Å². The zero-order chi connectivity index (χ0) is 21.8. The topological polar surface area (TPSA) is 61.8 Å². The van der Waals surface area contributed by atoms with Crippen molar-refractivity contribution >= 4 is 40.1 Å². The van der Waals surface area contributed by atoms with Gasteiger partial charge in [-0.3, -0.25) is 14.5 Å². The van der Waals surface area contributed by atoms with E-state index in [4.69, 9.17) is 0 Å². The number of thioether (sulfide) groups is 1. The highest BCUT2D eigenvalue weighted by Crippen LogP contribution is 2.33. The first-order chi connectivity index (χ1) is 14.3. The van der Waals surface area contributed by atoms with E-state index >= 15 is 0 Å². The summed E-state index contributed by atoms with van der Waals surface area (Å²) in [6, 6.07) is 8.70. The van der Waals surface area contributed by atoms with Crippen LogP contribution in [0.5, 0.6) is 0 Å². The summed E-state index contributed by atoms with van der Waals surface area (Å²) in [6.07, 6.45) is 1.42. The third-order valence-corrected chi connectivity index (χ3v) is 5.65. The molecule has 1 saturated heterocycles. The van der Waals surface area contributed by atoms with E-state index < -0.39 is 22.8 Å². The van der Waals surface area contributed by atoms with Crippen molar-refractivity contribution in [3.63, 3.8) is 0 Å². The number of carbonyl (C=O) groups is 2. The number of amides is 2. The van der Waals surface area contributed by atoms with Gasteiger partial charge >= 0.3 is 0 Å². The molecule has 30 heavy (non-hydrogen) atoms. The molecule has 8 heteroatoms. The maximum absolute atomic E-state index is 13.8. The van der Waals surface area contributed by atoms with Crippen LogP contribution in [0.2, 0.25) is 0 Å². The number of hydrogen-bond donors (Lipinski definition) is 1. The minimum atomic E-state index is -0.876. The standard InChI is InChI=1S/C22H21F2N3O2S/c1-4-9-27-21(29)19(12-20(28)25-18-8-6-15(23)11-16(18)24)30-22(27)26-17-7-5-13(2)10-14(17)3/h4-8,10-11,19H,1,9,12H2,2-3H3,(H,25,28). The van der Waals surface area contributed by atoms with E-state index in [0.717, 1.165) is 28.9 Å². The Balaban J connectivity index is 1.77. The van der Waals surface area contributed by atoms with Crippen LogP contribution in [-0.4, -0.2) is 33.7 Å². The summed E-state index contributed by atoms with van der Waals surface area (Å²) in [7, 11) is 0. The van der Waals surface area contributed by atoms with Crippen molar-refractivity contribution in [2.75, 3.05) is 11.9 Å². The second-order valence-corrected chi connectivity index (χ2v) is 8.07. The zero-order valence-corrected chi connectivity index (χ0v) is 17.4. The molecule has 0 radical (unpaired) electrons. The van der Waals surface area contributed by atoms with Gasteiger partial charge in [-0.25, -0.2) is 13.8 Å². The number of halogens is 2. The lowest BCUT2D eigenvalue weighted by Gasteiger charge is -2.14. The average Bonchev–Trinajstić information content (AvgIpc) is 2.95. The molecule has 0 aromatic heterocycles. The van der Waals surface area contributed by atoms with Crippen molar-refractivity contribution in [1.82, 2.24) is 4.90 Å². The van der Waals surface area contributed by atoms with Gasteiger partial charge in [0.05, 0.1) is 11.4 Å². The van der Waals surface area contributed by atoms with Crippen molar-refractivity contribution in [3.05, 3.63) is 71.8 Å². The fraction of sp³-hybridized carbons (Fsp3) is 0.227. The van der Waals surface area contributed by atoms with Gasteiger partial charge in [-0.1, -0.05) is 35.5 Å². The normalized spacial score (nSPS) is 17.5. The molecule has 1 aliphatic rings. The van der Waals surface area contributed by atoms with Gasteiger partial charge in [-0.2, -0.15) is 0 Å². The first-order valence-corrected chi connectivity index (χ1v) is 10.2. The Morgan fingerprint density at radius 2 is 2.03 bits per heavy atom. The van der Waals surface area contributed by atoms with E-state index in [1.54, 1.807) is 6.08 Å². The molecule has 0 aliphatic carbocycles. The van der Waals surface area contributed by atoms with Crippen molar-refractivity contribution in [3.8, 4) is 0 Å². The molecule has 1 aliphatic heterocycles. The molecule has 1 unspecified atom stereocenters. The van der Waals surface area contributed by atoms with Crippen LogP contribution in [0.1, 0.15) is 17.5 Å². The number of nitrogens with one attached hydrogen (secondary N) is 1. The van der Waals surface area contributed by atoms with Crippen LogP contribution in [0.25, 0.3) is 0 Å². The first-order valence-electron chi connectivity index (χ1n) is 9.28. The molecule has 0 spiro atoms. The number of nitrogens with zero attached hydrogens (tertiary/aromatic N) is 2. The van der Waals surface area contributed by atoms with E-state index in [-0.39, 0.29) is 24.6 Å². The average molecular weight is 429 g/mol. The number of rotatable bonds is 6. The van der Waals surface area contributed by atoms with Crippen molar-refractivity contribution in [2.45, 2.75) is 25.5 Å². The lowest BCUT2D eigenvalue weighted by Crippen LogP contribution is -2.33. The molecular weight excluding hydrogens is 408 g/mol. The van der Waals surface area contributed by atoms with E-state index in [1.165, 1.54) is 16.7 Å². The predicted molar refractivity (Wildman–Crippen MR) is 116 cm³/mol. The molecule has 1 N–H and O–H groups in total. The van der Waals surface area contributed by atoms with Gasteiger partial charge in [0, 0.05) is 19.0 Å². The second-order valence-electron chi connectivity index (χ2n) is 6.90. The maximum Gasteiger partial charge on any atom is 0.242 e. The molecule has 1 heterocycles. The highest BCUT2D eigenvalue weighted by Gasteiger charge is 2.38. The summed E-state index contributed by atoms with van der Waals surface area (Å²) < 4.78 is 26.8. The van der Waals surface area contributed by atoms with Gasteiger partial charge in [0.1, 0.15) is 16.9 Å². The molecule has 2 amide bonds. The van der Waals surface area contributed by atoms with Gasteiger partial charge in [-0.15, -0.1) is 6.58 Å². The van der Waals surface area contributed by atoms with Gasteiger partial charge in [-0.05, 0) is 37.6 Å². The molecule has 2 aromatic rings. The van der Waals surface area contributed by atoms with Crippen molar-refractivity contribution in [2.24, 2.45) is 4.99 Å². The first kappa shape index (κ1) is 21.7. The molecule has 2 aromatic carbocycles. The van der Waals surface area contributed by atoms with E-state index in [9.17, 15) is 18.4 Å². The van der Waals surface area contributed by atoms with Gasteiger partial charge in [0.15, 0.2) is 5.17 Å². The lowest BCUT2D eigenvalue weighted by molar-refractivity contribution is -0.127. The smallest absolute Gasteiger partial charge is 0.242 e. The van der Waals surface area contributed by atoms with E-state index in [2.05, 4.69) is 16.9 Å². The number of benzene rings is 2. The van der Waals surface area contributed by atoms with Crippen LogP contribution in [0.4, 0.5) is 20.2 Å². The summed E-state index contributed by atoms with van der Waals surface area (Å²) in [5.74, 6) is -2.42. The van der Waals surface area contributed by atoms with Gasteiger partial charge in [0.25, 0.3) is 0 Å². The highest BCUT2D eigenvalue weighted by molar-refractivity contribution is 8.15. The number of hydrogen-bond acceptors (Lipinski definition) is 4. The number of carbonyl (C=O) groups excluding carboxylic acids is 2. The monoisotopic (exact) mass is 429 g/mol. The van der Waals surface area contributed by atoms with Crippen LogP contribution >= 0.6 is 11.8 Å². The Hall–Kier alpha value is -3.00. The fourth-order valence-electron chi connectivity index (χ4n) is 3.02. The Kier molecular flexibility index (Phi) is 6.66. The number of aryl methyl sites for hydroxylation is 2. The third-order valence-electron chi connectivity index (χ3n) is 4.48. The molecule has 5 nitrogen and oxygen atoms in total. The summed E-state index contributed by atoms with van der Waals surface area (Å²) in [5.41, 5.74) is 2.69. The Bertz CT molecular complexity index is 1040. The minimum Gasteiger partial charge on any atom is -0.324 e. The summed E-state index contributed by atoms with van der Waals surface area (Å²) >= 11 is 1.18. The summed E-state index contributed by atoms with van der Waals surface area (Å²) in [5, 5.41) is 2.17. The number of anilines is 1. The molecule has 1 atom stereocenters. The van der Waals surface area contributed by atoms with Crippen LogP contribution in [0.3, 0.4) is 0 Å². The predicted octanol–water partition coefficient (Wildman–Crippen LogP) is 4.73. The van der Waals surface area contributed by atoms with Gasteiger partial charge < -0.3 is 5.32 Å². The minimum absolute atomic E-state index is 0.135. The second kappa shape index (κ2) is 9.21. The maximum atomic E-state index is 13.8. The Labute approximate surface area is 177 Å². The fourth-order valence-corrected chi connectivity index (χ4v) is 4.18. The van der Waals surface area contributed by atoms with Crippen LogP contribution in [0.15, 0.2) is 54.0 Å². The SMILES string of the molecule is C=CCN1C(=O)C(CC(=O)Nc2ccc(F)cc2F)SC1=Nc1ccc(C)cc1C. The molecule has 0 saturated carbocycles. The van der Waals surface area contributed by atoms with Gasteiger partial charge in [0.2, 0.25) is 11.8 Å². The van der Waals surface area contributed by atoms with Crippen LogP contribution in [0, 0.1) is 25.5 Å². The molecule has 3 rings (SSSR count). The third kappa shape index (κ3) is 4.94. The van der Waals surface area contributed by atoms with E-state index in [0.29, 0.717) is 11.2 Å².